The van der Waals surface area contributed by atoms with Gasteiger partial charge in [0.25, 0.3) is 5.91 Å². The quantitative estimate of drug-likeness (QED) is 0.566. The lowest BCUT2D eigenvalue weighted by atomic mass is 10.1. The van der Waals surface area contributed by atoms with Crippen LogP contribution in [-0.4, -0.2) is 29.3 Å². The molecule has 1 N–H and O–H groups in total. The number of aromatic nitrogens is 2. The monoisotopic (exact) mass is 387 g/mol. The molecule has 0 saturated carbocycles. The molecule has 1 amide bonds. The maximum Gasteiger partial charge on any atom is 0.277 e. The Bertz CT molecular complexity index is 1230. The van der Waals surface area contributed by atoms with Crippen molar-refractivity contribution in [1.82, 2.24) is 10.1 Å². The third-order valence-electron chi connectivity index (χ3n) is 4.79. The fourth-order valence-electron chi connectivity index (χ4n) is 3.32. The maximum atomic E-state index is 12.7. The van der Waals surface area contributed by atoms with Crippen molar-refractivity contribution in [2.24, 2.45) is 0 Å². The number of nitrogens with one attached hydrogen (secondary N) is 1. The molecule has 0 bridgehead atoms. The largest absolute Gasteiger partial charge is 0.486 e. The Hall–Kier alpha value is -3.87. The van der Waals surface area contributed by atoms with E-state index in [2.05, 4.69) is 15.5 Å². The van der Waals surface area contributed by atoms with Gasteiger partial charge in [-0.25, -0.2) is 0 Å². The van der Waals surface area contributed by atoms with E-state index in [0.717, 1.165) is 22.0 Å². The van der Waals surface area contributed by atoms with Crippen LogP contribution in [0.4, 0.5) is 5.69 Å². The summed E-state index contributed by atoms with van der Waals surface area (Å²) in [6, 6.07) is 14.6. The van der Waals surface area contributed by atoms with Gasteiger partial charge in [-0.15, -0.1) is 0 Å². The van der Waals surface area contributed by atoms with Crippen LogP contribution in [0.25, 0.3) is 22.2 Å². The molecule has 3 heterocycles. The Morgan fingerprint density at radius 1 is 1.03 bits per heavy atom. The minimum Gasteiger partial charge on any atom is -0.486 e. The van der Waals surface area contributed by atoms with Crippen molar-refractivity contribution in [3.63, 3.8) is 0 Å². The zero-order chi connectivity index (χ0) is 19.8. The van der Waals surface area contributed by atoms with Gasteiger partial charge in [-0.05, 0) is 48.9 Å². The van der Waals surface area contributed by atoms with Crippen LogP contribution in [0.5, 0.6) is 11.5 Å². The molecule has 2 aromatic heterocycles. The molecule has 1 aliphatic heterocycles. The topological polar surface area (TPSA) is 86.5 Å². The van der Waals surface area contributed by atoms with Gasteiger partial charge in [0.2, 0.25) is 0 Å². The summed E-state index contributed by atoms with van der Waals surface area (Å²) >= 11 is 0. The summed E-state index contributed by atoms with van der Waals surface area (Å²) in [6.07, 6.45) is 1.73. The lowest BCUT2D eigenvalue weighted by molar-refractivity contribution is 0.101. The van der Waals surface area contributed by atoms with Gasteiger partial charge in [0.05, 0.1) is 11.2 Å². The second-order valence-electron chi connectivity index (χ2n) is 6.72. The van der Waals surface area contributed by atoms with E-state index in [4.69, 9.17) is 14.0 Å². The fourth-order valence-corrected chi connectivity index (χ4v) is 3.32. The molecule has 1 aliphatic rings. The summed E-state index contributed by atoms with van der Waals surface area (Å²) < 4.78 is 16.5. The highest BCUT2D eigenvalue weighted by atomic mass is 16.6. The highest BCUT2D eigenvalue weighted by molar-refractivity contribution is 6.08. The molecule has 0 spiro atoms. The van der Waals surface area contributed by atoms with Crippen LogP contribution in [0.3, 0.4) is 0 Å². The second kappa shape index (κ2) is 6.94. The number of fused-ring (bicyclic) bond motifs is 2. The first-order valence-corrected chi connectivity index (χ1v) is 9.21. The number of amides is 1. The number of nitrogens with zero attached hydrogens (tertiary/aromatic N) is 2. The lowest BCUT2D eigenvalue weighted by Crippen LogP contribution is -2.15. The zero-order valence-electron chi connectivity index (χ0n) is 15.6. The highest BCUT2D eigenvalue weighted by Gasteiger charge is 2.18. The number of aryl methyl sites for hydroxylation is 1. The van der Waals surface area contributed by atoms with E-state index in [1.807, 2.05) is 49.4 Å². The summed E-state index contributed by atoms with van der Waals surface area (Å²) in [5.74, 6) is 1.46. The van der Waals surface area contributed by atoms with E-state index in [1.165, 1.54) is 0 Å². The smallest absolute Gasteiger partial charge is 0.277 e. The molecule has 0 radical (unpaired) electrons. The lowest BCUT2D eigenvalue weighted by Gasteiger charge is -2.18. The van der Waals surface area contributed by atoms with Crippen LogP contribution >= 0.6 is 0 Å². The molecule has 7 heteroatoms. The Balaban J connectivity index is 1.41. The van der Waals surface area contributed by atoms with Crippen LogP contribution in [0.2, 0.25) is 0 Å². The van der Waals surface area contributed by atoms with Crippen LogP contribution in [0.15, 0.2) is 59.3 Å². The molecule has 144 valence electrons. The molecule has 7 nitrogen and oxygen atoms in total. The van der Waals surface area contributed by atoms with E-state index in [1.54, 1.807) is 12.3 Å². The second-order valence-corrected chi connectivity index (χ2v) is 6.72. The minimum absolute atomic E-state index is 0.188. The molecule has 0 saturated heterocycles. The van der Waals surface area contributed by atoms with Crippen LogP contribution in [-0.2, 0) is 0 Å². The Kier molecular flexibility index (Phi) is 4.13. The predicted molar refractivity (Wildman–Crippen MR) is 107 cm³/mol. The Morgan fingerprint density at radius 2 is 1.90 bits per heavy atom. The number of hydrogen-bond acceptors (Lipinski definition) is 6. The van der Waals surface area contributed by atoms with Crippen molar-refractivity contribution in [1.29, 1.82) is 0 Å². The van der Waals surface area contributed by atoms with Crippen LogP contribution in [0, 0.1) is 6.92 Å². The number of benzene rings is 2. The molecular weight excluding hydrogens is 370 g/mol. The van der Waals surface area contributed by atoms with Gasteiger partial charge in [0.15, 0.2) is 23.0 Å². The van der Waals surface area contributed by atoms with Crippen molar-refractivity contribution in [3.05, 3.63) is 66.0 Å². The molecule has 0 aliphatic carbocycles. The van der Waals surface area contributed by atoms with Crippen molar-refractivity contribution in [3.8, 4) is 22.8 Å². The first-order chi connectivity index (χ1) is 14.2. The minimum atomic E-state index is -0.355. The van der Waals surface area contributed by atoms with Crippen LogP contribution in [0.1, 0.15) is 16.1 Å². The maximum absolute atomic E-state index is 12.7. The molecule has 0 unspecified atom stereocenters. The number of anilines is 1. The summed E-state index contributed by atoms with van der Waals surface area (Å²) in [5, 5.41) is 7.69. The van der Waals surface area contributed by atoms with E-state index in [9.17, 15) is 4.79 Å². The molecule has 4 aromatic rings. The summed E-state index contributed by atoms with van der Waals surface area (Å²) in [7, 11) is 0. The number of pyridine rings is 1. The van der Waals surface area contributed by atoms with Gasteiger partial charge in [0.1, 0.15) is 13.2 Å². The summed E-state index contributed by atoms with van der Waals surface area (Å²) in [6.45, 7) is 3.01. The number of ether oxygens (including phenoxy) is 2. The SMILES string of the molecule is Cc1ccc(NC(=O)c2cc(-c3ccc4c(c3)OCCO4)on2)c2cccnc12. The van der Waals surface area contributed by atoms with Gasteiger partial charge in [-0.3, -0.25) is 9.78 Å². The molecular formula is C22H17N3O4. The highest BCUT2D eigenvalue weighted by Crippen LogP contribution is 2.34. The first kappa shape index (κ1) is 17.2. The van der Waals surface area contributed by atoms with Gasteiger partial charge in [-0.2, -0.15) is 0 Å². The molecule has 5 rings (SSSR count). The number of carbonyl (C=O) groups excluding carboxylic acids is 1. The predicted octanol–water partition coefficient (Wildman–Crippen LogP) is 4.22. The molecule has 0 fully saturated rings. The van der Waals surface area contributed by atoms with Crippen LogP contribution < -0.4 is 14.8 Å². The summed E-state index contributed by atoms with van der Waals surface area (Å²) in [5.41, 5.74) is 3.51. The van der Waals surface area contributed by atoms with E-state index < -0.39 is 0 Å². The van der Waals surface area contributed by atoms with Crippen molar-refractivity contribution < 1.29 is 18.8 Å². The molecule has 2 aromatic carbocycles. The average molecular weight is 387 g/mol. The van der Waals surface area contributed by atoms with Gasteiger partial charge in [-0.1, -0.05) is 11.2 Å². The normalized spacial score (nSPS) is 12.7. The van der Waals surface area contributed by atoms with E-state index in [0.29, 0.717) is 36.2 Å². The number of hydrogen-bond donors (Lipinski definition) is 1. The molecule has 0 atom stereocenters. The first-order valence-electron chi connectivity index (χ1n) is 9.21. The van der Waals surface area contributed by atoms with Crippen molar-refractivity contribution in [2.45, 2.75) is 6.92 Å². The Morgan fingerprint density at radius 3 is 2.79 bits per heavy atom. The van der Waals surface area contributed by atoms with Crippen molar-refractivity contribution in [2.75, 3.05) is 18.5 Å². The van der Waals surface area contributed by atoms with Gasteiger partial charge < -0.3 is 19.3 Å². The van der Waals surface area contributed by atoms with E-state index >= 15 is 0 Å². The Labute approximate surface area is 166 Å². The van der Waals surface area contributed by atoms with Gasteiger partial charge >= 0.3 is 0 Å². The third kappa shape index (κ3) is 3.16. The number of carbonyl (C=O) groups is 1. The molecule has 29 heavy (non-hydrogen) atoms. The van der Waals surface area contributed by atoms with Crippen molar-refractivity contribution >= 4 is 22.5 Å². The standard InChI is InChI=1S/C22H17N3O4/c1-13-4-6-16(15-3-2-8-23-21(13)15)24-22(26)17-12-19(29-25-17)14-5-7-18-20(11-14)28-10-9-27-18/h2-8,11-12H,9-10H2,1H3,(H,24,26). The van der Waals surface area contributed by atoms with Gasteiger partial charge in [0, 0.05) is 23.2 Å². The summed E-state index contributed by atoms with van der Waals surface area (Å²) in [4.78, 5) is 17.1. The average Bonchev–Trinajstić information content (AvgIpc) is 3.26. The van der Waals surface area contributed by atoms with E-state index in [-0.39, 0.29) is 11.6 Å². The zero-order valence-corrected chi connectivity index (χ0v) is 15.6. The third-order valence-corrected chi connectivity index (χ3v) is 4.79. The fraction of sp³-hybridized carbons (Fsp3) is 0.136. The number of rotatable bonds is 3.